The maximum Gasteiger partial charge on any atom is 0.0734 e. The Kier molecular flexibility index (Phi) is 5.73. The van der Waals surface area contributed by atoms with Crippen molar-refractivity contribution in [3.05, 3.63) is 0 Å². The normalized spacial score (nSPS) is 28.5. The van der Waals surface area contributed by atoms with Gasteiger partial charge in [-0.2, -0.15) is 0 Å². The van der Waals surface area contributed by atoms with Gasteiger partial charge in [0, 0.05) is 12.6 Å². The molecule has 1 saturated carbocycles. The summed E-state index contributed by atoms with van der Waals surface area (Å²) in [7, 11) is 0. The van der Waals surface area contributed by atoms with Gasteiger partial charge in [-0.05, 0) is 31.7 Å². The van der Waals surface area contributed by atoms with Crippen LogP contribution in [-0.2, 0) is 9.47 Å². The van der Waals surface area contributed by atoms with E-state index in [2.05, 4.69) is 26.1 Å². The van der Waals surface area contributed by atoms with Crippen LogP contribution in [0, 0.1) is 5.41 Å². The molecule has 0 spiro atoms. The first-order valence-corrected chi connectivity index (χ1v) is 6.54. The first-order chi connectivity index (χ1) is 7.61. The molecular formula is C13H27NO2. The minimum absolute atomic E-state index is 0.353. The molecule has 0 radical (unpaired) electrons. The van der Waals surface area contributed by atoms with Crippen LogP contribution in [0.4, 0.5) is 0 Å². The fraction of sp³-hybridized carbons (Fsp3) is 1.00. The van der Waals surface area contributed by atoms with Crippen molar-refractivity contribution in [2.45, 2.75) is 52.7 Å². The highest BCUT2D eigenvalue weighted by molar-refractivity contribution is 4.97. The van der Waals surface area contributed by atoms with E-state index in [0.717, 1.165) is 26.2 Å². The SMILES string of the molecule is CCNC1C(OCCOCC)CCC1(C)C. The predicted octanol–water partition coefficient (Wildman–Crippen LogP) is 2.21. The molecule has 1 aliphatic rings. The third-order valence-electron chi connectivity index (χ3n) is 3.47. The number of hydrogen-bond acceptors (Lipinski definition) is 3. The van der Waals surface area contributed by atoms with E-state index in [1.807, 2.05) is 6.92 Å². The van der Waals surface area contributed by atoms with E-state index in [-0.39, 0.29) is 0 Å². The molecule has 1 N–H and O–H groups in total. The first-order valence-electron chi connectivity index (χ1n) is 6.54. The van der Waals surface area contributed by atoms with Crippen molar-refractivity contribution < 1.29 is 9.47 Å². The summed E-state index contributed by atoms with van der Waals surface area (Å²) in [6, 6.07) is 0.485. The number of likely N-dealkylation sites (N-methyl/N-ethyl adjacent to an activating group) is 1. The lowest BCUT2D eigenvalue weighted by atomic mass is 9.87. The van der Waals surface area contributed by atoms with Crippen molar-refractivity contribution >= 4 is 0 Å². The van der Waals surface area contributed by atoms with E-state index in [1.165, 1.54) is 6.42 Å². The molecule has 0 heterocycles. The summed E-state index contributed by atoms with van der Waals surface area (Å²) < 4.78 is 11.2. The van der Waals surface area contributed by atoms with Gasteiger partial charge in [-0.15, -0.1) is 0 Å². The van der Waals surface area contributed by atoms with Crippen molar-refractivity contribution in [3.63, 3.8) is 0 Å². The molecular weight excluding hydrogens is 202 g/mol. The Morgan fingerprint density at radius 3 is 2.62 bits per heavy atom. The summed E-state index contributed by atoms with van der Waals surface area (Å²) >= 11 is 0. The van der Waals surface area contributed by atoms with Crippen LogP contribution in [0.3, 0.4) is 0 Å². The smallest absolute Gasteiger partial charge is 0.0734 e. The van der Waals surface area contributed by atoms with Gasteiger partial charge in [-0.1, -0.05) is 20.8 Å². The highest BCUT2D eigenvalue weighted by Crippen LogP contribution is 2.38. The van der Waals surface area contributed by atoms with Gasteiger partial charge in [0.15, 0.2) is 0 Å². The molecule has 0 aromatic carbocycles. The summed E-state index contributed by atoms with van der Waals surface area (Å²) in [4.78, 5) is 0. The first kappa shape index (κ1) is 13.9. The number of rotatable bonds is 7. The van der Waals surface area contributed by atoms with Crippen molar-refractivity contribution in [2.24, 2.45) is 5.41 Å². The van der Waals surface area contributed by atoms with Crippen molar-refractivity contribution in [1.82, 2.24) is 5.32 Å². The van der Waals surface area contributed by atoms with Crippen LogP contribution < -0.4 is 5.32 Å². The molecule has 0 aromatic heterocycles. The average molecular weight is 229 g/mol. The molecule has 3 heteroatoms. The fourth-order valence-corrected chi connectivity index (χ4v) is 2.55. The van der Waals surface area contributed by atoms with Crippen LogP contribution in [0.1, 0.15) is 40.5 Å². The summed E-state index contributed by atoms with van der Waals surface area (Å²) in [5.74, 6) is 0. The fourth-order valence-electron chi connectivity index (χ4n) is 2.55. The van der Waals surface area contributed by atoms with Crippen LogP contribution in [0.25, 0.3) is 0 Å². The van der Waals surface area contributed by atoms with E-state index < -0.39 is 0 Å². The van der Waals surface area contributed by atoms with E-state index in [9.17, 15) is 0 Å². The molecule has 3 nitrogen and oxygen atoms in total. The Labute approximate surface area is 99.9 Å². The predicted molar refractivity (Wildman–Crippen MR) is 66.7 cm³/mol. The topological polar surface area (TPSA) is 30.5 Å². The molecule has 0 saturated heterocycles. The highest BCUT2D eigenvalue weighted by atomic mass is 16.5. The molecule has 1 rings (SSSR count). The van der Waals surface area contributed by atoms with Gasteiger partial charge in [-0.25, -0.2) is 0 Å². The monoisotopic (exact) mass is 229 g/mol. The van der Waals surface area contributed by atoms with E-state index >= 15 is 0 Å². The Morgan fingerprint density at radius 1 is 1.25 bits per heavy atom. The third-order valence-corrected chi connectivity index (χ3v) is 3.47. The largest absolute Gasteiger partial charge is 0.379 e. The zero-order valence-electron chi connectivity index (χ0n) is 11.2. The van der Waals surface area contributed by atoms with E-state index in [1.54, 1.807) is 0 Å². The highest BCUT2D eigenvalue weighted by Gasteiger charge is 2.41. The van der Waals surface area contributed by atoms with E-state index in [4.69, 9.17) is 9.47 Å². The van der Waals surface area contributed by atoms with Crippen LogP contribution in [-0.4, -0.2) is 38.5 Å². The number of ether oxygens (including phenoxy) is 2. The maximum atomic E-state index is 5.92. The Bertz CT molecular complexity index is 194. The van der Waals surface area contributed by atoms with Gasteiger partial charge >= 0.3 is 0 Å². The molecule has 1 fully saturated rings. The van der Waals surface area contributed by atoms with Gasteiger partial charge in [0.1, 0.15) is 0 Å². The Hall–Kier alpha value is -0.120. The number of hydrogen-bond donors (Lipinski definition) is 1. The van der Waals surface area contributed by atoms with Gasteiger partial charge in [-0.3, -0.25) is 0 Å². The molecule has 16 heavy (non-hydrogen) atoms. The van der Waals surface area contributed by atoms with Crippen LogP contribution in [0.2, 0.25) is 0 Å². The molecule has 96 valence electrons. The molecule has 1 aliphatic carbocycles. The maximum absolute atomic E-state index is 5.92. The van der Waals surface area contributed by atoms with Crippen molar-refractivity contribution in [3.8, 4) is 0 Å². The Morgan fingerprint density at radius 2 is 2.00 bits per heavy atom. The summed E-state index contributed by atoms with van der Waals surface area (Å²) in [6.45, 7) is 12.0. The van der Waals surface area contributed by atoms with Gasteiger partial charge in [0.2, 0.25) is 0 Å². The van der Waals surface area contributed by atoms with Crippen molar-refractivity contribution in [1.29, 1.82) is 0 Å². The molecule has 2 atom stereocenters. The minimum Gasteiger partial charge on any atom is -0.379 e. The van der Waals surface area contributed by atoms with Crippen LogP contribution in [0.15, 0.2) is 0 Å². The Balaban J connectivity index is 2.34. The third kappa shape index (κ3) is 3.72. The van der Waals surface area contributed by atoms with Gasteiger partial charge in [0.25, 0.3) is 0 Å². The zero-order chi connectivity index (χ0) is 12.0. The second-order valence-electron chi connectivity index (χ2n) is 5.17. The lowest BCUT2D eigenvalue weighted by molar-refractivity contribution is -0.00797. The average Bonchev–Trinajstić information content (AvgIpc) is 2.52. The summed E-state index contributed by atoms with van der Waals surface area (Å²) in [5.41, 5.74) is 0.353. The van der Waals surface area contributed by atoms with E-state index in [0.29, 0.717) is 24.2 Å². The molecule has 0 aromatic rings. The lowest BCUT2D eigenvalue weighted by Gasteiger charge is -2.31. The molecule has 0 amide bonds. The summed E-state index contributed by atoms with van der Waals surface area (Å²) in [5, 5.41) is 3.56. The minimum atomic E-state index is 0.353. The summed E-state index contributed by atoms with van der Waals surface area (Å²) in [6.07, 6.45) is 2.76. The van der Waals surface area contributed by atoms with Gasteiger partial charge in [0.05, 0.1) is 19.3 Å². The lowest BCUT2D eigenvalue weighted by Crippen LogP contribution is -2.45. The number of nitrogens with one attached hydrogen (secondary N) is 1. The van der Waals surface area contributed by atoms with Crippen LogP contribution >= 0.6 is 0 Å². The molecule has 0 bridgehead atoms. The quantitative estimate of drug-likeness (QED) is 0.679. The zero-order valence-corrected chi connectivity index (χ0v) is 11.2. The molecule has 0 aliphatic heterocycles. The van der Waals surface area contributed by atoms with Crippen molar-refractivity contribution in [2.75, 3.05) is 26.4 Å². The second kappa shape index (κ2) is 6.58. The standard InChI is InChI=1S/C13H27NO2/c1-5-14-12-11(7-8-13(12,3)4)16-10-9-15-6-2/h11-12,14H,5-10H2,1-4H3. The van der Waals surface area contributed by atoms with Crippen LogP contribution in [0.5, 0.6) is 0 Å². The van der Waals surface area contributed by atoms with Gasteiger partial charge < -0.3 is 14.8 Å². The second-order valence-corrected chi connectivity index (χ2v) is 5.17. The molecule has 2 unspecified atom stereocenters.